The van der Waals surface area contributed by atoms with Gasteiger partial charge in [0, 0.05) is 14.1 Å². The topological polar surface area (TPSA) is 128 Å². The highest BCUT2D eigenvalue weighted by atomic mass is 32.1. The Morgan fingerprint density at radius 1 is 1.30 bits per heavy atom. The minimum Gasteiger partial charge on any atom is -0.344 e. The molecule has 3 rings (SSSR count). The molecular weight excluding hydrogens is 322 g/mol. The summed E-state index contributed by atoms with van der Waals surface area (Å²) in [5, 5.41) is 6.44. The van der Waals surface area contributed by atoms with Crippen molar-refractivity contribution < 1.29 is 4.79 Å². The Bertz CT molecular complexity index is 1030. The molecule has 120 valence electrons. The second-order valence-corrected chi connectivity index (χ2v) is 5.71. The maximum Gasteiger partial charge on any atom is 0.332 e. The lowest BCUT2D eigenvalue weighted by Gasteiger charge is -2.00. The molecule has 0 saturated carbocycles. The van der Waals surface area contributed by atoms with E-state index in [1.165, 1.54) is 18.7 Å². The monoisotopic (exact) mass is 335 g/mol. The van der Waals surface area contributed by atoms with Crippen molar-refractivity contribution in [3.05, 3.63) is 37.2 Å². The van der Waals surface area contributed by atoms with Crippen molar-refractivity contribution in [3.8, 4) is 0 Å². The van der Waals surface area contributed by atoms with Gasteiger partial charge in [0.1, 0.15) is 16.2 Å². The molecule has 3 heterocycles. The van der Waals surface area contributed by atoms with E-state index in [-0.39, 0.29) is 23.6 Å². The van der Waals surface area contributed by atoms with Gasteiger partial charge in [0.2, 0.25) is 0 Å². The second kappa shape index (κ2) is 5.43. The molecule has 2 N–H and O–H groups in total. The van der Waals surface area contributed by atoms with E-state index in [0.717, 1.165) is 16.1 Å². The van der Waals surface area contributed by atoms with Crippen LogP contribution in [0.25, 0.3) is 11.2 Å². The van der Waals surface area contributed by atoms with E-state index >= 15 is 0 Å². The van der Waals surface area contributed by atoms with Crippen molar-refractivity contribution in [2.45, 2.75) is 13.5 Å². The van der Waals surface area contributed by atoms with Gasteiger partial charge < -0.3 is 10.3 Å². The number of hydrogen-bond acceptors (Lipinski definition) is 7. The standard InChI is InChI=1S/C12H13N7O3S/c1-5-8(23-17-16-5)10(20)13-4-6-14-7-9(15-6)18(2)12(22)19(3)11(7)21/h4H2,1-3H3,(H,13,20)(H,14,15). The summed E-state index contributed by atoms with van der Waals surface area (Å²) in [6.07, 6.45) is 0. The zero-order valence-electron chi connectivity index (χ0n) is 12.6. The largest absolute Gasteiger partial charge is 0.344 e. The van der Waals surface area contributed by atoms with E-state index in [0.29, 0.717) is 16.4 Å². The van der Waals surface area contributed by atoms with Gasteiger partial charge in [0.15, 0.2) is 5.65 Å². The van der Waals surface area contributed by atoms with Crippen molar-refractivity contribution >= 4 is 28.6 Å². The molecule has 0 spiro atoms. The van der Waals surface area contributed by atoms with E-state index < -0.39 is 11.2 Å². The molecule has 1 amide bonds. The van der Waals surface area contributed by atoms with E-state index in [2.05, 4.69) is 24.9 Å². The first kappa shape index (κ1) is 15.1. The average Bonchev–Trinajstić information content (AvgIpc) is 3.15. The summed E-state index contributed by atoms with van der Waals surface area (Å²) in [6.45, 7) is 1.78. The highest BCUT2D eigenvalue weighted by Crippen LogP contribution is 2.09. The zero-order chi connectivity index (χ0) is 16.7. The number of amides is 1. The molecule has 3 aromatic rings. The molecule has 0 aromatic carbocycles. The number of aromatic nitrogens is 6. The molecule has 23 heavy (non-hydrogen) atoms. The number of imidazole rings is 1. The van der Waals surface area contributed by atoms with Gasteiger partial charge in [-0.15, -0.1) is 5.10 Å². The fourth-order valence-electron chi connectivity index (χ4n) is 2.14. The van der Waals surface area contributed by atoms with Crippen LogP contribution in [0.4, 0.5) is 0 Å². The maximum atomic E-state index is 12.1. The number of aromatic amines is 1. The zero-order valence-corrected chi connectivity index (χ0v) is 13.4. The molecule has 3 aromatic heterocycles. The summed E-state index contributed by atoms with van der Waals surface area (Å²) in [4.78, 5) is 43.4. The van der Waals surface area contributed by atoms with Crippen LogP contribution in [0, 0.1) is 6.92 Å². The number of fused-ring (bicyclic) bond motifs is 1. The van der Waals surface area contributed by atoms with E-state index in [1.54, 1.807) is 6.92 Å². The van der Waals surface area contributed by atoms with Crippen molar-refractivity contribution in [3.63, 3.8) is 0 Å². The van der Waals surface area contributed by atoms with E-state index in [1.807, 2.05) is 0 Å². The Balaban J connectivity index is 1.90. The number of nitrogens with zero attached hydrogens (tertiary/aromatic N) is 5. The van der Waals surface area contributed by atoms with Gasteiger partial charge in [-0.3, -0.25) is 18.7 Å². The number of aryl methyl sites for hydroxylation is 2. The first-order chi connectivity index (χ1) is 10.9. The number of carbonyl (C=O) groups excluding carboxylic acids is 1. The fraction of sp³-hybridized carbons (Fsp3) is 0.333. The van der Waals surface area contributed by atoms with Gasteiger partial charge in [0.25, 0.3) is 11.5 Å². The number of H-pyrrole nitrogens is 1. The minimum atomic E-state index is -0.462. The number of rotatable bonds is 3. The first-order valence-electron chi connectivity index (χ1n) is 6.62. The van der Waals surface area contributed by atoms with Crippen molar-refractivity contribution in [1.29, 1.82) is 0 Å². The van der Waals surface area contributed by atoms with Crippen molar-refractivity contribution in [2.24, 2.45) is 14.1 Å². The van der Waals surface area contributed by atoms with Gasteiger partial charge >= 0.3 is 5.69 Å². The van der Waals surface area contributed by atoms with Crippen LogP contribution in [0.2, 0.25) is 0 Å². The lowest BCUT2D eigenvalue weighted by atomic mass is 10.4. The predicted octanol–water partition coefficient (Wildman–Crippen LogP) is -0.950. The SMILES string of the molecule is Cc1nnsc1C(=O)NCc1nc2c([nH]1)c(=O)n(C)c(=O)n2C. The lowest BCUT2D eigenvalue weighted by Crippen LogP contribution is -2.36. The van der Waals surface area contributed by atoms with Gasteiger partial charge in [-0.05, 0) is 18.5 Å². The van der Waals surface area contributed by atoms with Crippen LogP contribution in [-0.4, -0.2) is 34.6 Å². The molecule has 0 aliphatic heterocycles. The third kappa shape index (κ3) is 2.44. The Morgan fingerprint density at radius 3 is 2.70 bits per heavy atom. The summed E-state index contributed by atoms with van der Waals surface area (Å²) in [7, 11) is 2.92. The Labute approximate surface area is 133 Å². The van der Waals surface area contributed by atoms with Crippen molar-refractivity contribution in [2.75, 3.05) is 0 Å². The van der Waals surface area contributed by atoms with Gasteiger partial charge in [-0.25, -0.2) is 9.78 Å². The van der Waals surface area contributed by atoms with E-state index in [4.69, 9.17) is 0 Å². The molecule has 0 aliphatic carbocycles. The van der Waals surface area contributed by atoms with Crippen LogP contribution in [0.3, 0.4) is 0 Å². The van der Waals surface area contributed by atoms with Crippen LogP contribution in [0.15, 0.2) is 9.59 Å². The van der Waals surface area contributed by atoms with Crippen LogP contribution < -0.4 is 16.6 Å². The Kier molecular flexibility index (Phi) is 3.56. The summed E-state index contributed by atoms with van der Waals surface area (Å²) in [5.41, 5.74) is 0.0902. The molecule has 11 heteroatoms. The van der Waals surface area contributed by atoms with E-state index in [9.17, 15) is 14.4 Å². The molecule has 0 bridgehead atoms. The van der Waals surface area contributed by atoms with Gasteiger partial charge in [0.05, 0.1) is 12.2 Å². The third-order valence-corrected chi connectivity index (χ3v) is 4.24. The molecule has 0 aliphatic rings. The molecular formula is C12H13N7O3S. The van der Waals surface area contributed by atoms with Gasteiger partial charge in [-0.1, -0.05) is 4.49 Å². The summed E-state index contributed by atoms with van der Waals surface area (Å²) < 4.78 is 5.97. The molecule has 10 nitrogen and oxygen atoms in total. The third-order valence-electron chi connectivity index (χ3n) is 3.42. The highest BCUT2D eigenvalue weighted by Gasteiger charge is 2.16. The lowest BCUT2D eigenvalue weighted by molar-refractivity contribution is 0.0953. The van der Waals surface area contributed by atoms with Gasteiger partial charge in [-0.2, -0.15) is 0 Å². The molecule has 0 radical (unpaired) electrons. The fourth-order valence-corrected chi connectivity index (χ4v) is 2.71. The summed E-state index contributed by atoms with van der Waals surface area (Å²) >= 11 is 1.00. The smallest absolute Gasteiger partial charge is 0.332 e. The molecule has 0 unspecified atom stereocenters. The van der Waals surface area contributed by atoms with Crippen molar-refractivity contribution in [1.82, 2.24) is 34.0 Å². The Morgan fingerprint density at radius 2 is 2.04 bits per heavy atom. The summed E-state index contributed by atoms with van der Waals surface area (Å²) in [6, 6.07) is 0. The van der Waals surface area contributed by atoms with Crippen LogP contribution in [0.1, 0.15) is 21.2 Å². The number of hydrogen-bond donors (Lipinski definition) is 2. The quantitative estimate of drug-likeness (QED) is 0.635. The highest BCUT2D eigenvalue weighted by molar-refractivity contribution is 7.07. The summed E-state index contributed by atoms with van der Waals surface area (Å²) in [5.74, 6) is 0.0570. The number of nitrogens with one attached hydrogen (secondary N) is 2. The molecule has 0 atom stereocenters. The van der Waals surface area contributed by atoms with Crippen LogP contribution >= 0.6 is 11.5 Å². The Hall–Kier alpha value is -2.82. The number of carbonyl (C=O) groups is 1. The van der Waals surface area contributed by atoms with Crippen LogP contribution in [0.5, 0.6) is 0 Å². The normalized spacial score (nSPS) is 11.1. The predicted molar refractivity (Wildman–Crippen MR) is 82.4 cm³/mol. The minimum absolute atomic E-state index is 0.0855. The van der Waals surface area contributed by atoms with Crippen LogP contribution in [-0.2, 0) is 20.6 Å². The maximum absolute atomic E-state index is 12.1. The average molecular weight is 335 g/mol. The molecule has 0 saturated heterocycles. The second-order valence-electron chi connectivity index (χ2n) is 4.96. The molecule has 0 fully saturated rings. The first-order valence-corrected chi connectivity index (χ1v) is 7.39.